The first-order valence-corrected chi connectivity index (χ1v) is 7.02. The average molecular weight is 306 g/mol. The predicted molar refractivity (Wildman–Crippen MR) is 82.3 cm³/mol. The minimum absolute atomic E-state index is 0.0116. The minimum atomic E-state index is -1.17. The number of fused-ring (bicyclic) bond motifs is 1. The van der Waals surface area contributed by atoms with Gasteiger partial charge in [-0.05, 0) is 39.8 Å². The van der Waals surface area contributed by atoms with Crippen molar-refractivity contribution >= 4 is 23.8 Å². The predicted octanol–water partition coefficient (Wildman–Crippen LogP) is 3.09. The summed E-state index contributed by atoms with van der Waals surface area (Å²) in [5.41, 5.74) is 0.135. The number of nitrogens with zero attached hydrogens (tertiary/aromatic N) is 1. The molecule has 1 unspecified atom stereocenters. The third kappa shape index (κ3) is 2.07. The number of carboxylic acid groups (broad SMARTS) is 1. The van der Waals surface area contributed by atoms with Gasteiger partial charge in [0.15, 0.2) is 5.69 Å². The lowest BCUT2D eigenvalue weighted by Gasteiger charge is -2.40. The maximum atomic E-state index is 12.3. The van der Waals surface area contributed by atoms with Crippen molar-refractivity contribution in [1.29, 1.82) is 0 Å². The van der Waals surface area contributed by atoms with Gasteiger partial charge in [-0.2, -0.15) is 4.79 Å². The second kappa shape index (κ2) is 5.14. The Morgan fingerprint density at radius 3 is 2.41 bits per heavy atom. The van der Waals surface area contributed by atoms with Crippen molar-refractivity contribution in [3.8, 4) is 5.75 Å². The van der Waals surface area contributed by atoms with Gasteiger partial charge in [0.1, 0.15) is 11.3 Å². The third-order valence-corrected chi connectivity index (χ3v) is 3.80. The summed E-state index contributed by atoms with van der Waals surface area (Å²) in [6.45, 7) is 7.06. The molecule has 0 aromatic heterocycles. The van der Waals surface area contributed by atoms with E-state index in [9.17, 15) is 19.8 Å². The fourth-order valence-corrected chi connectivity index (χ4v) is 2.95. The van der Waals surface area contributed by atoms with Gasteiger partial charge in [-0.25, -0.2) is 4.79 Å². The maximum Gasteiger partial charge on any atom is 0.524 e. The molecule has 22 heavy (non-hydrogen) atoms. The molecule has 0 fully saturated rings. The highest BCUT2D eigenvalue weighted by atomic mass is 16.5. The van der Waals surface area contributed by atoms with Crippen molar-refractivity contribution in [2.75, 3.05) is 6.61 Å². The van der Waals surface area contributed by atoms with Crippen LogP contribution < -0.4 is 4.48 Å². The van der Waals surface area contributed by atoms with Gasteiger partial charge >= 0.3 is 12.1 Å². The summed E-state index contributed by atoms with van der Waals surface area (Å²) in [6.07, 6.45) is 0.308. The van der Waals surface area contributed by atoms with E-state index in [0.29, 0.717) is 11.3 Å². The van der Waals surface area contributed by atoms with E-state index in [4.69, 9.17) is 4.74 Å². The number of phenols is 1. The van der Waals surface area contributed by atoms with Crippen LogP contribution in [0.2, 0.25) is 0 Å². The number of hydrogen-bond donors (Lipinski definition) is 2. The Kier molecular flexibility index (Phi) is 3.74. The van der Waals surface area contributed by atoms with Gasteiger partial charge in [0, 0.05) is 17.7 Å². The van der Waals surface area contributed by atoms with Gasteiger partial charge in [0.25, 0.3) is 0 Å². The molecule has 0 bridgehead atoms. The number of ether oxygens (including phenoxy) is 1. The van der Waals surface area contributed by atoms with E-state index in [1.807, 2.05) is 0 Å². The first kappa shape index (κ1) is 16.0. The maximum absolute atomic E-state index is 12.3. The summed E-state index contributed by atoms with van der Waals surface area (Å²) in [4.78, 5) is 24.5. The van der Waals surface area contributed by atoms with Gasteiger partial charge < -0.3 is 14.9 Å². The van der Waals surface area contributed by atoms with Crippen molar-refractivity contribution in [2.24, 2.45) is 0 Å². The molecule has 0 aliphatic carbocycles. The van der Waals surface area contributed by atoms with Crippen LogP contribution in [0.4, 0.5) is 10.5 Å². The molecule has 0 saturated heterocycles. The van der Waals surface area contributed by atoms with E-state index in [-0.39, 0.29) is 18.1 Å². The monoisotopic (exact) mass is 306 g/mol. The van der Waals surface area contributed by atoms with E-state index >= 15 is 0 Å². The molecule has 0 saturated carbocycles. The summed E-state index contributed by atoms with van der Waals surface area (Å²) in [5, 5.41) is 19.6. The molecular formula is C16H20NO5+. The highest BCUT2D eigenvalue weighted by Crippen LogP contribution is 2.47. The van der Waals surface area contributed by atoms with Crippen LogP contribution in [-0.4, -0.2) is 34.4 Å². The van der Waals surface area contributed by atoms with Crippen molar-refractivity contribution < 1.29 is 24.5 Å². The summed E-state index contributed by atoms with van der Waals surface area (Å²) in [6, 6.07) is 4.40. The fraction of sp³-hybridized carbons (Fsp3) is 0.375. The van der Waals surface area contributed by atoms with Gasteiger partial charge in [-0.3, -0.25) is 0 Å². The van der Waals surface area contributed by atoms with Crippen molar-refractivity contribution in [3.63, 3.8) is 0 Å². The highest BCUT2D eigenvalue weighted by Gasteiger charge is 2.60. The quantitative estimate of drug-likeness (QED) is 0.648. The number of quaternary nitrogens is 1. The second-order valence-corrected chi connectivity index (χ2v) is 6.12. The van der Waals surface area contributed by atoms with Gasteiger partial charge in [0.05, 0.1) is 6.61 Å². The molecule has 1 aliphatic rings. The number of carbonyl (C=O) groups is 2. The molecule has 1 amide bonds. The van der Waals surface area contributed by atoms with Crippen molar-refractivity contribution in [3.05, 3.63) is 29.5 Å². The Morgan fingerprint density at radius 2 is 1.91 bits per heavy atom. The molecular weight excluding hydrogens is 286 g/mol. The highest BCUT2D eigenvalue weighted by molar-refractivity contribution is 6.08. The van der Waals surface area contributed by atoms with E-state index in [2.05, 4.69) is 0 Å². The number of carbonyl (C=O) groups excluding carboxylic acids is 1. The Labute approximate surface area is 128 Å². The minimum Gasteiger partial charge on any atom is -0.508 e. The molecule has 1 aromatic carbocycles. The number of benzene rings is 1. The Morgan fingerprint density at radius 1 is 1.27 bits per heavy atom. The van der Waals surface area contributed by atoms with E-state index in [0.717, 1.165) is 0 Å². The Hall–Kier alpha value is -2.34. The van der Waals surface area contributed by atoms with E-state index in [1.54, 1.807) is 27.7 Å². The largest absolute Gasteiger partial charge is 0.524 e. The molecule has 2 rings (SSSR count). The van der Waals surface area contributed by atoms with Crippen molar-refractivity contribution in [1.82, 2.24) is 4.48 Å². The molecule has 118 valence electrons. The summed E-state index contributed by atoms with van der Waals surface area (Å²) in [7, 11) is 0. The van der Waals surface area contributed by atoms with Crippen LogP contribution in [0.3, 0.4) is 0 Å². The topological polar surface area (TPSA) is 83.8 Å². The van der Waals surface area contributed by atoms with Crippen LogP contribution in [0.1, 0.15) is 33.3 Å². The molecule has 1 atom stereocenters. The van der Waals surface area contributed by atoms with Gasteiger partial charge in [0.2, 0.25) is 5.70 Å². The number of esters is 1. The number of hydrogen-bond acceptors (Lipinski definition) is 4. The van der Waals surface area contributed by atoms with Crippen LogP contribution in [0.25, 0.3) is 6.08 Å². The first-order chi connectivity index (χ1) is 10.2. The number of amides is 1. The molecule has 0 radical (unpaired) electrons. The summed E-state index contributed by atoms with van der Waals surface area (Å²) < 4.78 is 4.37. The lowest BCUT2D eigenvalue weighted by atomic mass is 9.99. The number of aromatic hydroxyl groups is 1. The van der Waals surface area contributed by atoms with Crippen LogP contribution in [0.5, 0.6) is 5.75 Å². The number of phenolic OH excluding ortho intramolecular Hbond substituents is 1. The summed E-state index contributed by atoms with van der Waals surface area (Å²) in [5.74, 6) is -0.659. The zero-order chi connectivity index (χ0) is 16.7. The lowest BCUT2D eigenvalue weighted by molar-refractivity contribution is -0.140. The Bertz CT molecular complexity index is 672. The smallest absolute Gasteiger partial charge is 0.508 e. The SMILES string of the molecule is CCOC(=O)C1=Cc2cc(O)ccc2[N+]1(C(=O)O)C(C)(C)C. The van der Waals surface area contributed by atoms with E-state index in [1.165, 1.54) is 24.3 Å². The molecule has 2 N–H and O–H groups in total. The van der Waals surface area contributed by atoms with Crippen LogP contribution >= 0.6 is 0 Å². The normalized spacial score (nSPS) is 20.3. The molecule has 1 aromatic rings. The van der Waals surface area contributed by atoms with E-state index < -0.39 is 22.1 Å². The van der Waals surface area contributed by atoms with Crippen LogP contribution in [0.15, 0.2) is 23.9 Å². The zero-order valence-corrected chi connectivity index (χ0v) is 13.1. The number of rotatable bonds is 2. The Balaban J connectivity index is 2.79. The summed E-state index contributed by atoms with van der Waals surface area (Å²) >= 11 is 0. The van der Waals surface area contributed by atoms with Gasteiger partial charge in [-0.1, -0.05) is 0 Å². The van der Waals surface area contributed by atoms with Crippen molar-refractivity contribution in [2.45, 2.75) is 33.2 Å². The van der Waals surface area contributed by atoms with Gasteiger partial charge in [-0.15, -0.1) is 4.48 Å². The molecule has 0 spiro atoms. The average Bonchev–Trinajstić information content (AvgIpc) is 2.73. The molecule has 6 heteroatoms. The molecule has 1 heterocycles. The molecule has 1 aliphatic heterocycles. The zero-order valence-electron chi connectivity index (χ0n) is 13.1. The first-order valence-electron chi connectivity index (χ1n) is 7.02. The second-order valence-electron chi connectivity index (χ2n) is 6.12. The standard InChI is InChI=1S/C16H19NO5/c1-5-22-14(19)13-9-10-8-11(18)6-7-12(10)17(13,15(20)21)16(2,3)4/h6-9H,5H2,1-4H3,(H-,18,20,21)/p+1. The lowest BCUT2D eigenvalue weighted by Crippen LogP contribution is -2.64. The van der Waals surface area contributed by atoms with Crippen LogP contribution in [-0.2, 0) is 9.53 Å². The fourth-order valence-electron chi connectivity index (χ4n) is 2.95. The molecule has 6 nitrogen and oxygen atoms in total. The van der Waals surface area contributed by atoms with Crippen LogP contribution in [0, 0.1) is 0 Å². The third-order valence-electron chi connectivity index (χ3n) is 3.80.